The van der Waals surface area contributed by atoms with Crippen LogP contribution < -0.4 is 10.6 Å². The minimum Gasteiger partial charge on any atom is -0.335 e. The summed E-state index contributed by atoms with van der Waals surface area (Å²) in [5, 5.41) is 5.37. The third-order valence-corrected chi connectivity index (χ3v) is 5.59. The summed E-state index contributed by atoms with van der Waals surface area (Å²) in [6.07, 6.45) is 6.39. The van der Waals surface area contributed by atoms with E-state index in [0.717, 1.165) is 58.3 Å². The van der Waals surface area contributed by atoms with Gasteiger partial charge in [0, 0.05) is 31.2 Å². The molecule has 1 saturated carbocycles. The van der Waals surface area contributed by atoms with Crippen LogP contribution >= 0.6 is 0 Å². The van der Waals surface area contributed by atoms with Crippen molar-refractivity contribution in [1.29, 1.82) is 0 Å². The minimum atomic E-state index is -0.382. The minimum absolute atomic E-state index is 0.174. The molecule has 0 aromatic heterocycles. The second kappa shape index (κ2) is 10.5. The standard InChI is InChI=1S/C21H31FN4O2/c22-19-10-5-4-7-17(19)15-25-11-6-12-26(14-13-25)16-20(27)24-21(28)23-18-8-2-1-3-9-18/h4-5,7,10,18H,1-3,6,8-9,11-16H2,(H2,23,24,27,28). The van der Waals surface area contributed by atoms with Crippen molar-refractivity contribution >= 4 is 11.9 Å². The topological polar surface area (TPSA) is 64.7 Å². The molecule has 1 aromatic rings. The molecule has 1 aromatic carbocycles. The molecule has 3 amide bonds. The highest BCUT2D eigenvalue weighted by atomic mass is 19.1. The van der Waals surface area contributed by atoms with E-state index in [2.05, 4.69) is 20.4 Å². The predicted molar refractivity (Wildman–Crippen MR) is 106 cm³/mol. The molecule has 7 heteroatoms. The molecule has 28 heavy (non-hydrogen) atoms. The Labute approximate surface area is 166 Å². The highest BCUT2D eigenvalue weighted by Gasteiger charge is 2.20. The summed E-state index contributed by atoms with van der Waals surface area (Å²) >= 11 is 0. The smallest absolute Gasteiger partial charge is 0.321 e. The average Bonchev–Trinajstić information content (AvgIpc) is 2.89. The highest BCUT2D eigenvalue weighted by Crippen LogP contribution is 2.17. The van der Waals surface area contributed by atoms with Gasteiger partial charge in [0.15, 0.2) is 0 Å². The number of carbonyl (C=O) groups is 2. The van der Waals surface area contributed by atoms with E-state index in [9.17, 15) is 14.0 Å². The summed E-state index contributed by atoms with van der Waals surface area (Å²) in [6, 6.07) is 6.66. The van der Waals surface area contributed by atoms with Crippen LogP contribution in [-0.2, 0) is 11.3 Å². The van der Waals surface area contributed by atoms with Crippen LogP contribution in [0.2, 0.25) is 0 Å². The van der Waals surface area contributed by atoms with E-state index >= 15 is 0 Å². The lowest BCUT2D eigenvalue weighted by atomic mass is 9.96. The Balaban J connectivity index is 1.39. The summed E-state index contributed by atoms with van der Waals surface area (Å²) in [7, 11) is 0. The maximum Gasteiger partial charge on any atom is 0.321 e. The molecule has 0 unspecified atom stereocenters. The van der Waals surface area contributed by atoms with Crippen LogP contribution in [0.4, 0.5) is 9.18 Å². The van der Waals surface area contributed by atoms with Crippen LogP contribution in [-0.4, -0.2) is 60.5 Å². The number of amides is 3. The summed E-state index contributed by atoms with van der Waals surface area (Å²) in [5.74, 6) is -0.442. The molecule has 6 nitrogen and oxygen atoms in total. The number of carbonyl (C=O) groups excluding carboxylic acids is 2. The Morgan fingerprint density at radius 2 is 1.68 bits per heavy atom. The van der Waals surface area contributed by atoms with Gasteiger partial charge in [0.2, 0.25) is 5.91 Å². The second-order valence-electron chi connectivity index (χ2n) is 7.85. The zero-order chi connectivity index (χ0) is 19.8. The van der Waals surface area contributed by atoms with E-state index in [0.29, 0.717) is 12.1 Å². The fourth-order valence-electron chi connectivity index (χ4n) is 4.05. The number of urea groups is 1. The first-order chi connectivity index (χ1) is 13.6. The monoisotopic (exact) mass is 390 g/mol. The van der Waals surface area contributed by atoms with Gasteiger partial charge in [-0.3, -0.25) is 19.9 Å². The van der Waals surface area contributed by atoms with Crippen LogP contribution in [0.5, 0.6) is 0 Å². The van der Waals surface area contributed by atoms with Crippen molar-refractivity contribution in [2.75, 3.05) is 32.7 Å². The van der Waals surface area contributed by atoms with Crippen molar-refractivity contribution in [3.63, 3.8) is 0 Å². The molecule has 3 rings (SSSR count). The Morgan fingerprint density at radius 1 is 0.964 bits per heavy atom. The van der Waals surface area contributed by atoms with Crippen LogP contribution in [0.1, 0.15) is 44.1 Å². The molecule has 1 saturated heterocycles. The quantitative estimate of drug-likeness (QED) is 0.811. The van der Waals surface area contributed by atoms with E-state index in [1.807, 2.05) is 12.1 Å². The van der Waals surface area contributed by atoms with E-state index in [1.54, 1.807) is 6.07 Å². The molecule has 1 aliphatic heterocycles. The maximum atomic E-state index is 13.9. The fourth-order valence-corrected chi connectivity index (χ4v) is 4.05. The van der Waals surface area contributed by atoms with Gasteiger partial charge in [0.05, 0.1) is 6.54 Å². The number of hydrogen-bond acceptors (Lipinski definition) is 4. The van der Waals surface area contributed by atoms with Gasteiger partial charge in [-0.15, -0.1) is 0 Å². The average molecular weight is 391 g/mol. The zero-order valence-corrected chi connectivity index (χ0v) is 16.5. The van der Waals surface area contributed by atoms with E-state index in [-0.39, 0.29) is 30.3 Å². The fraction of sp³-hybridized carbons (Fsp3) is 0.619. The van der Waals surface area contributed by atoms with Crippen LogP contribution in [0.15, 0.2) is 24.3 Å². The summed E-state index contributed by atoms with van der Waals surface area (Å²) in [6.45, 7) is 3.96. The van der Waals surface area contributed by atoms with Gasteiger partial charge in [-0.05, 0) is 38.4 Å². The molecule has 1 heterocycles. The van der Waals surface area contributed by atoms with Crippen molar-refractivity contribution in [1.82, 2.24) is 20.4 Å². The largest absolute Gasteiger partial charge is 0.335 e. The second-order valence-corrected chi connectivity index (χ2v) is 7.85. The molecule has 0 spiro atoms. The number of halogens is 1. The first-order valence-electron chi connectivity index (χ1n) is 10.4. The van der Waals surface area contributed by atoms with Crippen molar-refractivity contribution in [3.8, 4) is 0 Å². The number of nitrogens with zero attached hydrogens (tertiary/aromatic N) is 2. The van der Waals surface area contributed by atoms with Crippen molar-refractivity contribution in [2.45, 2.75) is 51.1 Å². The zero-order valence-electron chi connectivity index (χ0n) is 16.5. The molecular weight excluding hydrogens is 359 g/mol. The van der Waals surface area contributed by atoms with Gasteiger partial charge < -0.3 is 5.32 Å². The Kier molecular flexibility index (Phi) is 7.80. The Bertz CT molecular complexity index is 664. The summed E-state index contributed by atoms with van der Waals surface area (Å²) in [5.41, 5.74) is 0.702. The third-order valence-electron chi connectivity index (χ3n) is 5.59. The van der Waals surface area contributed by atoms with E-state index < -0.39 is 0 Å². The maximum absolute atomic E-state index is 13.9. The molecule has 2 fully saturated rings. The number of hydrogen-bond donors (Lipinski definition) is 2. The summed E-state index contributed by atoms with van der Waals surface area (Å²) in [4.78, 5) is 28.5. The number of nitrogens with one attached hydrogen (secondary N) is 2. The Hall–Kier alpha value is -1.99. The molecule has 0 radical (unpaired) electrons. The van der Waals surface area contributed by atoms with Crippen molar-refractivity contribution in [3.05, 3.63) is 35.6 Å². The van der Waals surface area contributed by atoms with Crippen LogP contribution in [0.3, 0.4) is 0 Å². The van der Waals surface area contributed by atoms with Gasteiger partial charge in [-0.1, -0.05) is 37.5 Å². The van der Waals surface area contributed by atoms with Crippen LogP contribution in [0, 0.1) is 5.82 Å². The molecule has 0 atom stereocenters. The molecule has 2 aliphatic rings. The van der Waals surface area contributed by atoms with Gasteiger partial charge in [-0.2, -0.15) is 0 Å². The SMILES string of the molecule is O=C(CN1CCCN(Cc2ccccc2F)CC1)NC(=O)NC1CCCCC1. The van der Waals surface area contributed by atoms with Crippen LogP contribution in [0.25, 0.3) is 0 Å². The van der Waals surface area contributed by atoms with Crippen molar-refractivity contribution < 1.29 is 14.0 Å². The Morgan fingerprint density at radius 3 is 2.46 bits per heavy atom. The van der Waals surface area contributed by atoms with Gasteiger partial charge in [0.1, 0.15) is 5.82 Å². The molecular formula is C21H31FN4O2. The lowest BCUT2D eigenvalue weighted by Crippen LogP contribution is -2.48. The van der Waals surface area contributed by atoms with Gasteiger partial charge in [0.25, 0.3) is 0 Å². The van der Waals surface area contributed by atoms with Crippen molar-refractivity contribution in [2.24, 2.45) is 0 Å². The summed E-state index contributed by atoms with van der Waals surface area (Å²) < 4.78 is 13.9. The first-order valence-corrected chi connectivity index (χ1v) is 10.4. The predicted octanol–water partition coefficient (Wildman–Crippen LogP) is 2.49. The lowest BCUT2D eigenvalue weighted by Gasteiger charge is -2.23. The first kappa shape index (κ1) is 20.7. The van der Waals surface area contributed by atoms with E-state index in [4.69, 9.17) is 0 Å². The van der Waals surface area contributed by atoms with Gasteiger partial charge >= 0.3 is 6.03 Å². The molecule has 0 bridgehead atoms. The number of imide groups is 1. The highest BCUT2D eigenvalue weighted by molar-refractivity contribution is 5.95. The van der Waals surface area contributed by atoms with Gasteiger partial charge in [-0.25, -0.2) is 9.18 Å². The molecule has 2 N–H and O–H groups in total. The third kappa shape index (κ3) is 6.56. The number of benzene rings is 1. The molecule has 154 valence electrons. The van der Waals surface area contributed by atoms with E-state index in [1.165, 1.54) is 12.5 Å². The number of rotatable bonds is 5. The normalized spacial score (nSPS) is 19.8. The lowest BCUT2D eigenvalue weighted by molar-refractivity contribution is -0.121. The molecule has 1 aliphatic carbocycles.